The summed E-state index contributed by atoms with van der Waals surface area (Å²) in [5, 5.41) is 1.12. The van der Waals surface area contributed by atoms with Crippen molar-refractivity contribution in [3.05, 3.63) is 102 Å². The highest BCUT2D eigenvalue weighted by Crippen LogP contribution is 2.38. The van der Waals surface area contributed by atoms with Crippen molar-refractivity contribution in [2.24, 2.45) is 17.6 Å². The molecule has 3 aromatic rings. The number of carbonyl (C=O) groups excluding carboxylic acids is 1. The molecule has 174 valence electrons. The van der Waals surface area contributed by atoms with Crippen molar-refractivity contribution in [2.45, 2.75) is 31.6 Å². The highest BCUT2D eigenvalue weighted by atomic mass is 16.5. The zero-order valence-corrected chi connectivity index (χ0v) is 19.3. The molecular weight excluding hydrogens is 422 g/mol. The third-order valence-electron chi connectivity index (χ3n) is 7.06. The van der Waals surface area contributed by atoms with Crippen LogP contribution in [0.3, 0.4) is 0 Å². The summed E-state index contributed by atoms with van der Waals surface area (Å²) < 4.78 is 6.62. The van der Waals surface area contributed by atoms with E-state index in [0.29, 0.717) is 12.5 Å². The van der Waals surface area contributed by atoms with Crippen LogP contribution in [0.2, 0.25) is 0 Å². The van der Waals surface area contributed by atoms with Crippen LogP contribution in [0.1, 0.15) is 24.1 Å². The van der Waals surface area contributed by atoms with Crippen LogP contribution in [0.25, 0.3) is 10.9 Å². The van der Waals surface area contributed by atoms with Gasteiger partial charge in [-0.15, -0.1) is 0 Å². The average Bonchev–Trinajstić information content (AvgIpc) is 2.88. The predicted octanol–water partition coefficient (Wildman–Crippen LogP) is 4.63. The first-order valence-electron chi connectivity index (χ1n) is 12.0. The topological polar surface area (TPSA) is 68.5 Å². The SMILES string of the molecule is NC(=O)C1C=CC(OCc2ccc3ccccc3n2)(C2CCN(Cc3ccccc3)CC2)C=C1. The number of piperidine rings is 1. The Hall–Kier alpha value is -3.28. The third-order valence-corrected chi connectivity index (χ3v) is 7.06. The second-order valence-electron chi connectivity index (χ2n) is 9.32. The molecule has 0 radical (unpaired) electrons. The minimum absolute atomic E-state index is 0.321. The van der Waals surface area contributed by atoms with Crippen LogP contribution >= 0.6 is 0 Å². The lowest BCUT2D eigenvalue weighted by molar-refractivity contribution is -0.119. The van der Waals surface area contributed by atoms with Crippen molar-refractivity contribution in [3.8, 4) is 0 Å². The Kier molecular flexibility index (Phi) is 6.57. The van der Waals surface area contributed by atoms with Gasteiger partial charge in [-0.25, -0.2) is 0 Å². The van der Waals surface area contributed by atoms with Gasteiger partial charge in [0.15, 0.2) is 0 Å². The number of carbonyl (C=O) groups is 1. The van der Waals surface area contributed by atoms with Gasteiger partial charge in [0, 0.05) is 11.9 Å². The first-order valence-corrected chi connectivity index (χ1v) is 12.0. The fourth-order valence-electron chi connectivity index (χ4n) is 5.08. The normalized spacial score (nSPS) is 23.4. The Morgan fingerprint density at radius 2 is 1.68 bits per heavy atom. The molecule has 1 amide bonds. The number of para-hydroxylation sites is 1. The fourth-order valence-corrected chi connectivity index (χ4v) is 5.08. The van der Waals surface area contributed by atoms with Crippen molar-refractivity contribution in [1.82, 2.24) is 9.88 Å². The molecule has 0 atom stereocenters. The van der Waals surface area contributed by atoms with Crippen molar-refractivity contribution in [2.75, 3.05) is 13.1 Å². The zero-order valence-electron chi connectivity index (χ0n) is 19.3. The molecule has 5 rings (SSSR count). The summed E-state index contributed by atoms with van der Waals surface area (Å²) in [7, 11) is 0. The molecule has 1 aliphatic heterocycles. The van der Waals surface area contributed by atoms with E-state index in [1.807, 2.05) is 36.4 Å². The zero-order chi connectivity index (χ0) is 23.4. The van der Waals surface area contributed by atoms with Crippen molar-refractivity contribution in [3.63, 3.8) is 0 Å². The Labute approximate surface area is 200 Å². The minimum atomic E-state index is -0.557. The predicted molar refractivity (Wildman–Crippen MR) is 135 cm³/mol. The van der Waals surface area contributed by atoms with Gasteiger partial charge in [-0.05, 0) is 49.5 Å². The highest BCUT2D eigenvalue weighted by Gasteiger charge is 2.39. The first-order chi connectivity index (χ1) is 16.6. The van der Waals surface area contributed by atoms with E-state index in [1.165, 1.54) is 5.56 Å². The van der Waals surface area contributed by atoms with Gasteiger partial charge in [0.1, 0.15) is 5.60 Å². The quantitative estimate of drug-likeness (QED) is 0.530. The van der Waals surface area contributed by atoms with Crippen LogP contribution in [0, 0.1) is 11.8 Å². The maximum atomic E-state index is 11.7. The number of amides is 1. The van der Waals surface area contributed by atoms with Crippen molar-refractivity contribution < 1.29 is 9.53 Å². The van der Waals surface area contributed by atoms with E-state index in [9.17, 15) is 4.79 Å². The molecular formula is C29H31N3O2. The molecule has 2 heterocycles. The number of fused-ring (bicyclic) bond motifs is 1. The highest BCUT2D eigenvalue weighted by molar-refractivity contribution is 5.81. The van der Waals surface area contributed by atoms with E-state index in [4.69, 9.17) is 15.5 Å². The number of likely N-dealkylation sites (tertiary alicyclic amines) is 1. The van der Waals surface area contributed by atoms with Crippen LogP contribution in [0.4, 0.5) is 0 Å². The minimum Gasteiger partial charge on any atom is -0.369 e. The van der Waals surface area contributed by atoms with E-state index >= 15 is 0 Å². The summed E-state index contributed by atoms with van der Waals surface area (Å²) >= 11 is 0. The largest absolute Gasteiger partial charge is 0.369 e. The Morgan fingerprint density at radius 1 is 0.971 bits per heavy atom. The second kappa shape index (κ2) is 9.92. The lowest BCUT2D eigenvalue weighted by atomic mass is 9.76. The number of nitrogens with zero attached hydrogens (tertiary/aromatic N) is 2. The van der Waals surface area contributed by atoms with Crippen LogP contribution in [-0.4, -0.2) is 34.5 Å². The van der Waals surface area contributed by atoms with Gasteiger partial charge in [-0.3, -0.25) is 14.7 Å². The van der Waals surface area contributed by atoms with E-state index in [0.717, 1.165) is 49.1 Å². The number of hydrogen-bond acceptors (Lipinski definition) is 4. The van der Waals surface area contributed by atoms with Gasteiger partial charge in [0.2, 0.25) is 5.91 Å². The summed E-state index contributed by atoms with van der Waals surface area (Å²) in [5.74, 6) is -0.398. The molecule has 0 saturated carbocycles. The number of nitrogens with two attached hydrogens (primary N) is 1. The van der Waals surface area contributed by atoms with Gasteiger partial charge >= 0.3 is 0 Å². The van der Waals surface area contributed by atoms with E-state index in [2.05, 4.69) is 59.5 Å². The maximum absolute atomic E-state index is 11.7. The second-order valence-corrected chi connectivity index (χ2v) is 9.32. The van der Waals surface area contributed by atoms with Gasteiger partial charge < -0.3 is 10.5 Å². The molecule has 0 bridgehead atoms. The van der Waals surface area contributed by atoms with Crippen LogP contribution < -0.4 is 5.73 Å². The standard InChI is InChI=1S/C29H31N3O2/c30-28(33)24-12-16-29(17-13-24,34-21-26-11-10-23-8-4-5-9-27(23)31-26)25-14-18-32(19-15-25)20-22-6-2-1-3-7-22/h1-13,16-17,24-25H,14-15,18-21H2,(H2,30,33). The summed E-state index contributed by atoms with van der Waals surface area (Å²) in [6, 6.07) is 22.8. The number of primary amides is 1. The smallest absolute Gasteiger partial charge is 0.228 e. The number of aromatic nitrogens is 1. The molecule has 1 aliphatic carbocycles. The molecule has 2 aromatic carbocycles. The van der Waals surface area contributed by atoms with Gasteiger partial charge in [-0.2, -0.15) is 0 Å². The monoisotopic (exact) mass is 453 g/mol. The molecule has 0 spiro atoms. The van der Waals surface area contributed by atoms with E-state index in [1.54, 1.807) is 0 Å². The molecule has 0 unspecified atom stereocenters. The first kappa shape index (κ1) is 22.5. The average molecular weight is 454 g/mol. The number of hydrogen-bond donors (Lipinski definition) is 1. The molecule has 5 heteroatoms. The summed E-state index contributed by atoms with van der Waals surface area (Å²) in [6.07, 6.45) is 9.95. The number of ether oxygens (including phenoxy) is 1. The number of rotatable bonds is 7. The van der Waals surface area contributed by atoms with Gasteiger partial charge in [0.05, 0.1) is 23.7 Å². The Morgan fingerprint density at radius 3 is 2.41 bits per heavy atom. The fraction of sp³-hybridized carbons (Fsp3) is 0.310. The number of benzene rings is 2. The molecule has 2 N–H and O–H groups in total. The lowest BCUT2D eigenvalue weighted by Crippen LogP contribution is -2.45. The van der Waals surface area contributed by atoms with E-state index in [-0.39, 0.29) is 11.8 Å². The lowest BCUT2D eigenvalue weighted by Gasteiger charge is -2.42. The molecule has 34 heavy (non-hydrogen) atoms. The summed E-state index contributed by atoms with van der Waals surface area (Å²) in [4.78, 5) is 19.0. The van der Waals surface area contributed by atoms with Crippen LogP contribution in [0.15, 0.2) is 91.0 Å². The van der Waals surface area contributed by atoms with Crippen LogP contribution in [0.5, 0.6) is 0 Å². The maximum Gasteiger partial charge on any atom is 0.228 e. The Balaban J connectivity index is 1.30. The van der Waals surface area contributed by atoms with Gasteiger partial charge in [-0.1, -0.05) is 78.9 Å². The van der Waals surface area contributed by atoms with Crippen molar-refractivity contribution in [1.29, 1.82) is 0 Å². The third kappa shape index (κ3) is 4.96. The molecule has 2 aliphatic rings. The van der Waals surface area contributed by atoms with E-state index < -0.39 is 5.60 Å². The summed E-state index contributed by atoms with van der Waals surface area (Å²) in [5.41, 5.74) is 8.20. The van der Waals surface area contributed by atoms with Gasteiger partial charge in [0.25, 0.3) is 0 Å². The molecule has 1 aromatic heterocycles. The molecule has 1 saturated heterocycles. The molecule has 5 nitrogen and oxygen atoms in total. The Bertz CT molecular complexity index is 1180. The molecule has 1 fully saturated rings. The summed E-state index contributed by atoms with van der Waals surface area (Å²) in [6.45, 7) is 3.41. The number of pyridine rings is 1. The van der Waals surface area contributed by atoms with Crippen LogP contribution in [-0.2, 0) is 22.7 Å². The van der Waals surface area contributed by atoms with Crippen molar-refractivity contribution >= 4 is 16.8 Å².